The number of halogens is 1. The maximum atomic E-state index is 6.15. The summed E-state index contributed by atoms with van der Waals surface area (Å²) in [5.41, 5.74) is 1.10. The van der Waals surface area contributed by atoms with Crippen molar-refractivity contribution >= 4 is 17.4 Å². The molecule has 1 aromatic heterocycles. The number of hydrogen-bond acceptors (Lipinski definition) is 3. The number of hydrogen-bond donors (Lipinski definition) is 1. The Morgan fingerprint density at radius 1 is 1.47 bits per heavy atom. The lowest BCUT2D eigenvalue weighted by Gasteiger charge is -2.13. The molecule has 0 saturated carbocycles. The molecule has 0 aliphatic rings. The molecule has 0 aliphatic heterocycles. The van der Waals surface area contributed by atoms with Crippen LogP contribution in [0.5, 0.6) is 0 Å². The van der Waals surface area contributed by atoms with E-state index in [0.29, 0.717) is 5.92 Å². The molecule has 1 atom stereocenters. The molecule has 3 nitrogen and oxygen atoms in total. The molecule has 15 heavy (non-hydrogen) atoms. The number of aromatic nitrogens is 2. The molecule has 1 aromatic rings. The molecular weight excluding hydrogens is 210 g/mol. The lowest BCUT2D eigenvalue weighted by atomic mass is 10.1. The molecule has 1 heterocycles. The largest absolute Gasteiger partial charge is 0.367 e. The van der Waals surface area contributed by atoms with Crippen molar-refractivity contribution in [1.29, 1.82) is 0 Å². The monoisotopic (exact) mass is 227 g/mol. The molecule has 0 bridgehead atoms. The fourth-order valence-corrected chi connectivity index (χ4v) is 1.79. The van der Waals surface area contributed by atoms with E-state index in [0.717, 1.165) is 24.3 Å². The van der Waals surface area contributed by atoms with Gasteiger partial charge in [0.2, 0.25) is 0 Å². The van der Waals surface area contributed by atoms with E-state index in [2.05, 4.69) is 29.4 Å². The van der Waals surface area contributed by atoms with Crippen LogP contribution in [0.25, 0.3) is 0 Å². The van der Waals surface area contributed by atoms with Gasteiger partial charge < -0.3 is 5.32 Å². The molecule has 0 fully saturated rings. The van der Waals surface area contributed by atoms with E-state index in [9.17, 15) is 0 Å². The molecule has 1 rings (SSSR count). The fourth-order valence-electron chi connectivity index (χ4n) is 1.36. The second kappa shape index (κ2) is 5.91. The summed E-state index contributed by atoms with van der Waals surface area (Å²) in [5, 5.41) is 11.2. The highest BCUT2D eigenvalue weighted by Crippen LogP contribution is 2.11. The summed E-state index contributed by atoms with van der Waals surface area (Å²) < 4.78 is 0. The Morgan fingerprint density at radius 3 is 2.80 bits per heavy atom. The summed E-state index contributed by atoms with van der Waals surface area (Å²) in [6.45, 7) is 7.06. The van der Waals surface area contributed by atoms with E-state index < -0.39 is 0 Å². The Kier molecular flexibility index (Phi) is 4.82. The number of aryl methyl sites for hydroxylation is 1. The van der Waals surface area contributed by atoms with Crippen molar-refractivity contribution in [2.75, 3.05) is 11.9 Å². The number of nitrogens with one attached hydrogen (secondary N) is 1. The van der Waals surface area contributed by atoms with Gasteiger partial charge in [-0.2, -0.15) is 5.10 Å². The first-order valence-corrected chi connectivity index (χ1v) is 5.69. The van der Waals surface area contributed by atoms with Gasteiger partial charge in [0.15, 0.2) is 0 Å². The van der Waals surface area contributed by atoms with Crippen molar-refractivity contribution in [2.45, 2.75) is 32.6 Å². The number of nitrogens with zero attached hydrogens (tertiary/aromatic N) is 2. The van der Waals surface area contributed by atoms with E-state index in [1.54, 1.807) is 6.20 Å². The first-order valence-electron chi connectivity index (χ1n) is 5.25. The minimum atomic E-state index is 0.146. The highest BCUT2D eigenvalue weighted by Gasteiger charge is 2.07. The smallest absolute Gasteiger partial charge is 0.148 e. The zero-order chi connectivity index (χ0) is 11.3. The number of anilines is 1. The fraction of sp³-hybridized carbons (Fsp3) is 0.636. The van der Waals surface area contributed by atoms with Crippen molar-refractivity contribution in [3.63, 3.8) is 0 Å². The Bertz CT molecular complexity index is 302. The lowest BCUT2D eigenvalue weighted by Crippen LogP contribution is -2.17. The molecular formula is C11H18ClN3. The van der Waals surface area contributed by atoms with Crippen LogP contribution in [0, 0.1) is 12.8 Å². The van der Waals surface area contributed by atoms with E-state index in [1.165, 1.54) is 0 Å². The summed E-state index contributed by atoms with van der Waals surface area (Å²) >= 11 is 6.15. The average Bonchev–Trinajstić information content (AvgIpc) is 2.14. The first-order chi connectivity index (χ1) is 7.08. The second-order valence-corrected chi connectivity index (χ2v) is 4.84. The first kappa shape index (κ1) is 12.2. The third kappa shape index (κ3) is 4.98. The Hall–Kier alpha value is -0.830. The van der Waals surface area contributed by atoms with Crippen LogP contribution < -0.4 is 5.32 Å². The molecule has 0 aliphatic carbocycles. The maximum absolute atomic E-state index is 6.15. The van der Waals surface area contributed by atoms with Gasteiger partial charge in [0.05, 0.1) is 11.6 Å². The summed E-state index contributed by atoms with van der Waals surface area (Å²) in [6.07, 6.45) is 2.74. The van der Waals surface area contributed by atoms with Gasteiger partial charge in [-0.05, 0) is 30.9 Å². The molecule has 0 saturated heterocycles. The molecule has 0 radical (unpaired) electrons. The Labute approximate surface area is 96.2 Å². The molecule has 84 valence electrons. The van der Waals surface area contributed by atoms with Gasteiger partial charge in [-0.15, -0.1) is 16.7 Å². The third-order valence-electron chi connectivity index (χ3n) is 2.02. The van der Waals surface area contributed by atoms with Gasteiger partial charge in [0.1, 0.15) is 5.82 Å². The van der Waals surface area contributed by atoms with Crippen LogP contribution in [0.15, 0.2) is 12.3 Å². The molecule has 0 spiro atoms. The summed E-state index contributed by atoms with van der Waals surface area (Å²) in [5.74, 6) is 1.42. The van der Waals surface area contributed by atoms with Gasteiger partial charge in [-0.1, -0.05) is 13.8 Å². The van der Waals surface area contributed by atoms with Crippen molar-refractivity contribution in [2.24, 2.45) is 5.92 Å². The van der Waals surface area contributed by atoms with E-state index in [-0.39, 0.29) is 5.38 Å². The van der Waals surface area contributed by atoms with Crippen molar-refractivity contribution in [3.05, 3.63) is 17.8 Å². The van der Waals surface area contributed by atoms with Gasteiger partial charge in [0.25, 0.3) is 0 Å². The summed E-state index contributed by atoms with van der Waals surface area (Å²) in [4.78, 5) is 0. The summed E-state index contributed by atoms with van der Waals surface area (Å²) in [6, 6.07) is 1.96. The average molecular weight is 228 g/mol. The highest BCUT2D eigenvalue weighted by molar-refractivity contribution is 6.20. The third-order valence-corrected chi connectivity index (χ3v) is 2.36. The molecule has 0 amide bonds. The van der Waals surface area contributed by atoms with Crippen molar-refractivity contribution in [3.8, 4) is 0 Å². The number of alkyl halides is 1. The quantitative estimate of drug-likeness (QED) is 0.787. The number of rotatable bonds is 5. The van der Waals surface area contributed by atoms with E-state index in [1.807, 2.05) is 13.0 Å². The van der Waals surface area contributed by atoms with Crippen LogP contribution >= 0.6 is 11.6 Å². The van der Waals surface area contributed by atoms with Crippen LogP contribution in [0.4, 0.5) is 5.82 Å². The van der Waals surface area contributed by atoms with E-state index in [4.69, 9.17) is 11.6 Å². The van der Waals surface area contributed by atoms with Crippen LogP contribution in [0.2, 0.25) is 0 Å². The van der Waals surface area contributed by atoms with E-state index >= 15 is 0 Å². The van der Waals surface area contributed by atoms with Gasteiger partial charge in [-0.25, -0.2) is 0 Å². The highest BCUT2D eigenvalue weighted by atomic mass is 35.5. The predicted molar refractivity (Wildman–Crippen MR) is 64.4 cm³/mol. The van der Waals surface area contributed by atoms with Crippen LogP contribution in [0.1, 0.15) is 25.8 Å². The van der Waals surface area contributed by atoms with Gasteiger partial charge in [0, 0.05) is 6.54 Å². The van der Waals surface area contributed by atoms with Crippen LogP contribution in [0.3, 0.4) is 0 Å². The molecule has 1 unspecified atom stereocenters. The topological polar surface area (TPSA) is 37.8 Å². The van der Waals surface area contributed by atoms with Gasteiger partial charge in [-0.3, -0.25) is 0 Å². The molecule has 0 aromatic carbocycles. The Morgan fingerprint density at radius 2 is 2.20 bits per heavy atom. The zero-order valence-corrected chi connectivity index (χ0v) is 10.3. The van der Waals surface area contributed by atoms with Crippen molar-refractivity contribution in [1.82, 2.24) is 10.2 Å². The van der Waals surface area contributed by atoms with Gasteiger partial charge >= 0.3 is 0 Å². The standard InChI is InChI=1S/C11H18ClN3/c1-8(2)4-10(12)7-13-11-5-9(3)6-14-15-11/h5-6,8,10H,4,7H2,1-3H3,(H,13,15). The van der Waals surface area contributed by atoms with Crippen molar-refractivity contribution < 1.29 is 0 Å². The zero-order valence-electron chi connectivity index (χ0n) is 9.50. The minimum absolute atomic E-state index is 0.146. The predicted octanol–water partition coefficient (Wildman–Crippen LogP) is 2.85. The Balaban J connectivity index is 2.36. The van der Waals surface area contributed by atoms with Crippen LogP contribution in [-0.2, 0) is 0 Å². The lowest BCUT2D eigenvalue weighted by molar-refractivity contribution is 0.572. The minimum Gasteiger partial charge on any atom is -0.367 e. The molecule has 1 N–H and O–H groups in total. The molecule has 4 heteroatoms. The van der Waals surface area contributed by atoms with Crippen LogP contribution in [-0.4, -0.2) is 22.1 Å². The maximum Gasteiger partial charge on any atom is 0.148 e. The SMILES string of the molecule is Cc1cnnc(NCC(Cl)CC(C)C)c1. The second-order valence-electron chi connectivity index (χ2n) is 4.23. The normalized spacial score (nSPS) is 12.9. The summed E-state index contributed by atoms with van der Waals surface area (Å²) in [7, 11) is 0.